The summed E-state index contributed by atoms with van der Waals surface area (Å²) in [6.45, 7) is 9.43. The van der Waals surface area contributed by atoms with Gasteiger partial charge in [0.05, 0.1) is 6.54 Å². The van der Waals surface area contributed by atoms with Gasteiger partial charge in [-0.3, -0.25) is 9.59 Å². The lowest BCUT2D eigenvalue weighted by Gasteiger charge is -2.32. The van der Waals surface area contributed by atoms with Crippen LogP contribution in [0.4, 0.5) is 0 Å². The van der Waals surface area contributed by atoms with Gasteiger partial charge in [0.1, 0.15) is 17.3 Å². The van der Waals surface area contributed by atoms with Crippen molar-refractivity contribution < 1.29 is 9.59 Å². The van der Waals surface area contributed by atoms with E-state index in [4.69, 9.17) is 0 Å². The van der Waals surface area contributed by atoms with E-state index in [1.807, 2.05) is 18.7 Å². The number of likely N-dealkylation sites (tertiary alicyclic amines) is 1. The first-order valence-electron chi connectivity index (χ1n) is 10.2. The molecule has 2 aromatic heterocycles. The third kappa shape index (κ3) is 3.83. The van der Waals surface area contributed by atoms with E-state index in [2.05, 4.69) is 25.1 Å². The van der Waals surface area contributed by atoms with Gasteiger partial charge in [-0.15, -0.1) is 22.6 Å². The quantitative estimate of drug-likeness (QED) is 0.739. The van der Waals surface area contributed by atoms with E-state index in [1.165, 1.54) is 0 Å². The lowest BCUT2D eigenvalue weighted by Crippen LogP contribution is -2.39. The smallest absolute Gasteiger partial charge is 0.270 e. The number of aromatic amines is 1. The fraction of sp³-hybridized carbons (Fsp3) is 0.600. The topological polar surface area (TPSA) is 95.9 Å². The Labute approximate surface area is 176 Å². The monoisotopic (exact) mass is 420 g/mol. The number of carbonyl (C=O) groups is 2. The molecule has 0 aromatic carbocycles. The first kappa shape index (κ1) is 21.5. The SMILES string of the molecule is CCc1c(C(=O)N2CCC(c3nnc4n3CCNC4)CC2)[nH]c(C)c1C(C)=O.Cl. The zero-order chi connectivity index (χ0) is 19.8. The molecular formula is C20H29ClN6O2. The van der Waals surface area contributed by atoms with Gasteiger partial charge < -0.3 is 19.8 Å². The van der Waals surface area contributed by atoms with Crippen LogP contribution in [0, 0.1) is 6.92 Å². The van der Waals surface area contributed by atoms with E-state index in [-0.39, 0.29) is 24.1 Å². The number of aryl methyl sites for hydroxylation is 1. The molecule has 0 bridgehead atoms. The number of piperidine rings is 1. The van der Waals surface area contributed by atoms with E-state index >= 15 is 0 Å². The normalized spacial score (nSPS) is 17.0. The fourth-order valence-corrected chi connectivity index (χ4v) is 4.60. The maximum atomic E-state index is 13.1. The van der Waals surface area contributed by atoms with Crippen LogP contribution in [0.3, 0.4) is 0 Å². The van der Waals surface area contributed by atoms with Crippen molar-refractivity contribution in [2.75, 3.05) is 19.6 Å². The van der Waals surface area contributed by atoms with E-state index in [1.54, 1.807) is 6.92 Å². The molecule has 2 aromatic rings. The van der Waals surface area contributed by atoms with Gasteiger partial charge in [-0.25, -0.2) is 0 Å². The summed E-state index contributed by atoms with van der Waals surface area (Å²) >= 11 is 0. The molecule has 0 radical (unpaired) electrons. The number of nitrogens with zero attached hydrogens (tertiary/aromatic N) is 4. The van der Waals surface area contributed by atoms with Crippen molar-refractivity contribution in [3.63, 3.8) is 0 Å². The van der Waals surface area contributed by atoms with Crippen LogP contribution in [-0.4, -0.2) is 56.0 Å². The number of fused-ring (bicyclic) bond motifs is 1. The number of amides is 1. The van der Waals surface area contributed by atoms with Crippen molar-refractivity contribution in [2.45, 2.75) is 59.0 Å². The van der Waals surface area contributed by atoms with E-state index in [0.717, 1.165) is 55.4 Å². The third-order valence-corrected chi connectivity index (χ3v) is 6.01. The Balaban J connectivity index is 0.00000240. The molecule has 2 aliphatic rings. The van der Waals surface area contributed by atoms with E-state index < -0.39 is 0 Å². The largest absolute Gasteiger partial charge is 0.354 e. The molecule has 0 atom stereocenters. The number of carbonyl (C=O) groups excluding carboxylic acids is 2. The molecule has 9 heteroatoms. The Morgan fingerprint density at radius 1 is 1.17 bits per heavy atom. The number of nitrogens with one attached hydrogen (secondary N) is 2. The third-order valence-electron chi connectivity index (χ3n) is 6.01. The molecule has 1 amide bonds. The maximum absolute atomic E-state index is 13.1. The summed E-state index contributed by atoms with van der Waals surface area (Å²) in [5.74, 6) is 2.42. The van der Waals surface area contributed by atoms with Crippen LogP contribution in [0.5, 0.6) is 0 Å². The first-order valence-corrected chi connectivity index (χ1v) is 10.2. The molecule has 0 spiro atoms. The predicted octanol–water partition coefficient (Wildman–Crippen LogP) is 2.22. The summed E-state index contributed by atoms with van der Waals surface area (Å²) in [7, 11) is 0. The minimum atomic E-state index is -0.00151. The molecule has 0 saturated carbocycles. The molecule has 1 fully saturated rings. The molecular weight excluding hydrogens is 392 g/mol. The molecule has 0 aliphatic carbocycles. The lowest BCUT2D eigenvalue weighted by atomic mass is 9.95. The standard InChI is InChI=1S/C20H28N6O2.ClH/c1-4-15-17(13(3)27)12(2)22-18(15)20(28)25-8-5-14(6-9-25)19-24-23-16-11-21-7-10-26(16)19;/h14,21-22H,4-11H2,1-3H3;1H. The summed E-state index contributed by atoms with van der Waals surface area (Å²) in [6, 6.07) is 0. The Morgan fingerprint density at radius 2 is 1.90 bits per heavy atom. The van der Waals surface area contributed by atoms with Gasteiger partial charge in [0.15, 0.2) is 5.78 Å². The Morgan fingerprint density at radius 3 is 2.55 bits per heavy atom. The van der Waals surface area contributed by atoms with Crippen molar-refractivity contribution in [1.82, 2.24) is 30.0 Å². The van der Waals surface area contributed by atoms with Crippen LogP contribution in [0.1, 0.15) is 76.4 Å². The second kappa shape index (κ2) is 8.67. The van der Waals surface area contributed by atoms with Crippen LogP contribution < -0.4 is 5.32 Å². The molecule has 0 unspecified atom stereocenters. The van der Waals surface area contributed by atoms with E-state index in [9.17, 15) is 9.59 Å². The number of ketones is 1. The number of aromatic nitrogens is 4. The molecule has 8 nitrogen and oxygen atoms in total. The average molecular weight is 421 g/mol. The second-order valence-electron chi connectivity index (χ2n) is 7.76. The Hall–Kier alpha value is -2.19. The molecule has 4 heterocycles. The maximum Gasteiger partial charge on any atom is 0.270 e. The van der Waals surface area contributed by atoms with Crippen molar-refractivity contribution in [2.24, 2.45) is 0 Å². The predicted molar refractivity (Wildman–Crippen MR) is 112 cm³/mol. The number of Topliss-reactive ketones (excluding diaryl/α,β-unsaturated/α-hetero) is 1. The average Bonchev–Trinajstić information content (AvgIpc) is 3.28. The highest BCUT2D eigenvalue weighted by Crippen LogP contribution is 2.29. The molecule has 1 saturated heterocycles. The van der Waals surface area contributed by atoms with Gasteiger partial charge in [-0.05, 0) is 38.7 Å². The van der Waals surface area contributed by atoms with Crippen LogP contribution in [-0.2, 0) is 19.5 Å². The lowest BCUT2D eigenvalue weighted by molar-refractivity contribution is 0.0703. The molecule has 158 valence electrons. The number of H-pyrrole nitrogens is 1. The van der Waals surface area contributed by atoms with Crippen molar-refractivity contribution in [3.05, 3.63) is 34.2 Å². The highest BCUT2D eigenvalue weighted by molar-refractivity contribution is 6.02. The molecule has 2 N–H and O–H groups in total. The van der Waals surface area contributed by atoms with Crippen LogP contribution >= 0.6 is 12.4 Å². The second-order valence-corrected chi connectivity index (χ2v) is 7.76. The highest BCUT2D eigenvalue weighted by Gasteiger charge is 2.31. The van der Waals surface area contributed by atoms with Gasteiger partial charge >= 0.3 is 0 Å². The summed E-state index contributed by atoms with van der Waals surface area (Å²) in [6.07, 6.45) is 2.44. The molecule has 4 rings (SSSR count). The van der Waals surface area contributed by atoms with Gasteiger partial charge in [0.25, 0.3) is 5.91 Å². The summed E-state index contributed by atoms with van der Waals surface area (Å²) in [5.41, 5.74) is 2.88. The summed E-state index contributed by atoms with van der Waals surface area (Å²) < 4.78 is 2.24. The van der Waals surface area contributed by atoms with Crippen LogP contribution in [0.25, 0.3) is 0 Å². The minimum Gasteiger partial charge on any atom is -0.354 e. The number of halogens is 1. The van der Waals surface area contributed by atoms with Gasteiger partial charge in [0, 0.05) is 43.4 Å². The van der Waals surface area contributed by atoms with Crippen molar-refractivity contribution >= 4 is 24.1 Å². The molecule has 2 aliphatic heterocycles. The zero-order valence-electron chi connectivity index (χ0n) is 17.2. The van der Waals surface area contributed by atoms with Gasteiger partial charge in [-0.2, -0.15) is 0 Å². The minimum absolute atomic E-state index is 0. The van der Waals surface area contributed by atoms with Gasteiger partial charge in [0.2, 0.25) is 0 Å². The van der Waals surface area contributed by atoms with Crippen molar-refractivity contribution in [1.29, 1.82) is 0 Å². The molecule has 29 heavy (non-hydrogen) atoms. The van der Waals surface area contributed by atoms with Crippen LogP contribution in [0.15, 0.2) is 0 Å². The van der Waals surface area contributed by atoms with Crippen molar-refractivity contribution in [3.8, 4) is 0 Å². The zero-order valence-corrected chi connectivity index (χ0v) is 18.1. The Kier molecular flexibility index (Phi) is 6.43. The summed E-state index contributed by atoms with van der Waals surface area (Å²) in [5, 5.41) is 12.1. The number of rotatable bonds is 4. The fourth-order valence-electron chi connectivity index (χ4n) is 4.60. The number of hydrogen-bond acceptors (Lipinski definition) is 5. The Bertz CT molecular complexity index is 910. The van der Waals surface area contributed by atoms with Gasteiger partial charge in [-0.1, -0.05) is 6.92 Å². The highest BCUT2D eigenvalue weighted by atomic mass is 35.5. The summed E-state index contributed by atoms with van der Waals surface area (Å²) in [4.78, 5) is 30.2. The number of hydrogen-bond donors (Lipinski definition) is 2. The van der Waals surface area contributed by atoms with Crippen LogP contribution in [0.2, 0.25) is 0 Å². The first-order chi connectivity index (χ1) is 13.5. The van der Waals surface area contributed by atoms with E-state index in [0.29, 0.717) is 36.7 Å².